The zero-order valence-electron chi connectivity index (χ0n) is 11.8. The number of benzene rings is 1. The summed E-state index contributed by atoms with van der Waals surface area (Å²) in [6, 6.07) is 3.37. The van der Waals surface area contributed by atoms with Crippen LogP contribution in [0.15, 0.2) is 18.2 Å². The third kappa shape index (κ3) is 6.29. The number of rotatable bonds is 7. The van der Waals surface area contributed by atoms with Gasteiger partial charge in [0.2, 0.25) is 5.91 Å². The summed E-state index contributed by atoms with van der Waals surface area (Å²) < 4.78 is 38.1. The van der Waals surface area contributed by atoms with Crippen LogP contribution in [0.4, 0.5) is 24.5 Å². The number of carbonyl (C=O) groups is 1. The molecule has 1 aromatic carbocycles. The SMILES string of the molecule is CCCCSCCC(=O)Nc1ccc(N)c(C(F)(F)F)c1. The zero-order chi connectivity index (χ0) is 15.9. The number of nitrogens with one attached hydrogen (secondary N) is 1. The number of thioether (sulfide) groups is 1. The molecule has 3 nitrogen and oxygen atoms in total. The highest BCUT2D eigenvalue weighted by Crippen LogP contribution is 2.35. The van der Waals surface area contributed by atoms with E-state index in [1.807, 2.05) is 0 Å². The quantitative estimate of drug-likeness (QED) is 0.586. The monoisotopic (exact) mass is 320 g/mol. The first-order chi connectivity index (χ1) is 9.84. The lowest BCUT2D eigenvalue weighted by atomic mass is 10.1. The summed E-state index contributed by atoms with van der Waals surface area (Å²) in [5, 5.41) is 2.46. The fourth-order valence-corrected chi connectivity index (χ4v) is 2.64. The summed E-state index contributed by atoms with van der Waals surface area (Å²) >= 11 is 1.67. The summed E-state index contributed by atoms with van der Waals surface area (Å²) in [5.41, 5.74) is 4.12. The van der Waals surface area contributed by atoms with Crippen molar-refractivity contribution in [2.45, 2.75) is 32.4 Å². The predicted octanol–water partition coefficient (Wildman–Crippen LogP) is 4.15. The molecule has 0 unspecified atom stereocenters. The predicted molar refractivity (Wildman–Crippen MR) is 81.3 cm³/mol. The van der Waals surface area contributed by atoms with Gasteiger partial charge in [-0.25, -0.2) is 0 Å². The largest absolute Gasteiger partial charge is 0.418 e. The molecule has 0 heterocycles. The molecule has 0 radical (unpaired) electrons. The fraction of sp³-hybridized carbons (Fsp3) is 0.500. The Balaban J connectivity index is 2.53. The molecule has 21 heavy (non-hydrogen) atoms. The van der Waals surface area contributed by atoms with Gasteiger partial charge in [-0.2, -0.15) is 24.9 Å². The van der Waals surface area contributed by atoms with Gasteiger partial charge in [-0.3, -0.25) is 4.79 Å². The molecular weight excluding hydrogens is 301 g/mol. The van der Waals surface area contributed by atoms with Gasteiger partial charge in [-0.05, 0) is 30.4 Å². The van der Waals surface area contributed by atoms with Gasteiger partial charge in [0.25, 0.3) is 0 Å². The van der Waals surface area contributed by atoms with Crippen molar-refractivity contribution in [3.63, 3.8) is 0 Å². The molecule has 0 aliphatic heterocycles. The minimum absolute atomic E-state index is 0.111. The Bertz CT molecular complexity index is 478. The standard InChI is InChI=1S/C14H19F3N2OS/c1-2-3-7-21-8-6-13(20)19-10-4-5-12(18)11(9-10)14(15,16)17/h4-5,9H,2-3,6-8,18H2,1H3,(H,19,20). The molecule has 0 saturated heterocycles. The van der Waals surface area contributed by atoms with Crippen molar-refractivity contribution >= 4 is 29.0 Å². The second-order valence-electron chi connectivity index (χ2n) is 4.56. The number of alkyl halides is 3. The van der Waals surface area contributed by atoms with Crippen LogP contribution >= 0.6 is 11.8 Å². The molecule has 7 heteroatoms. The van der Waals surface area contributed by atoms with Crippen LogP contribution in [-0.2, 0) is 11.0 Å². The van der Waals surface area contributed by atoms with E-state index in [0.29, 0.717) is 5.75 Å². The maximum absolute atomic E-state index is 12.7. The van der Waals surface area contributed by atoms with E-state index in [1.54, 1.807) is 11.8 Å². The first kappa shape index (κ1) is 17.7. The molecule has 0 atom stereocenters. The van der Waals surface area contributed by atoms with Crippen molar-refractivity contribution in [2.24, 2.45) is 0 Å². The van der Waals surface area contributed by atoms with Crippen LogP contribution in [0.1, 0.15) is 31.7 Å². The third-order valence-electron chi connectivity index (χ3n) is 2.76. The van der Waals surface area contributed by atoms with Gasteiger partial charge in [-0.15, -0.1) is 0 Å². The molecule has 3 N–H and O–H groups in total. The highest BCUT2D eigenvalue weighted by atomic mass is 32.2. The molecule has 1 amide bonds. The second-order valence-corrected chi connectivity index (χ2v) is 5.79. The first-order valence-electron chi connectivity index (χ1n) is 6.69. The van der Waals surface area contributed by atoms with Crippen molar-refractivity contribution in [2.75, 3.05) is 22.6 Å². The van der Waals surface area contributed by atoms with E-state index in [-0.39, 0.29) is 23.7 Å². The summed E-state index contributed by atoms with van der Waals surface area (Å²) in [6.45, 7) is 2.09. The van der Waals surface area contributed by atoms with Crippen molar-refractivity contribution in [3.8, 4) is 0 Å². The highest BCUT2D eigenvalue weighted by Gasteiger charge is 2.33. The van der Waals surface area contributed by atoms with Crippen LogP contribution in [0.3, 0.4) is 0 Å². The second kappa shape index (κ2) is 8.17. The van der Waals surface area contributed by atoms with Crippen molar-refractivity contribution in [3.05, 3.63) is 23.8 Å². The lowest BCUT2D eigenvalue weighted by Crippen LogP contribution is -2.14. The molecular formula is C14H19F3N2OS. The van der Waals surface area contributed by atoms with Crippen LogP contribution in [-0.4, -0.2) is 17.4 Å². The van der Waals surface area contributed by atoms with E-state index in [0.717, 1.165) is 30.7 Å². The van der Waals surface area contributed by atoms with Gasteiger partial charge >= 0.3 is 6.18 Å². The van der Waals surface area contributed by atoms with Crippen LogP contribution in [0.25, 0.3) is 0 Å². The van der Waals surface area contributed by atoms with E-state index < -0.39 is 11.7 Å². The van der Waals surface area contributed by atoms with Crippen LogP contribution in [0.2, 0.25) is 0 Å². The number of carbonyl (C=O) groups excluding carboxylic acids is 1. The first-order valence-corrected chi connectivity index (χ1v) is 7.84. The molecule has 118 valence electrons. The van der Waals surface area contributed by atoms with E-state index in [9.17, 15) is 18.0 Å². The number of hydrogen-bond donors (Lipinski definition) is 2. The van der Waals surface area contributed by atoms with Crippen LogP contribution in [0, 0.1) is 0 Å². The Hall–Kier alpha value is -1.37. The van der Waals surface area contributed by atoms with Gasteiger partial charge in [-0.1, -0.05) is 13.3 Å². The highest BCUT2D eigenvalue weighted by molar-refractivity contribution is 7.99. The van der Waals surface area contributed by atoms with Gasteiger partial charge in [0.1, 0.15) is 0 Å². The number of nitrogens with two attached hydrogens (primary N) is 1. The minimum Gasteiger partial charge on any atom is -0.398 e. The molecule has 0 aromatic heterocycles. The summed E-state index contributed by atoms with van der Waals surface area (Å²) in [4.78, 5) is 11.7. The Morgan fingerprint density at radius 1 is 1.33 bits per heavy atom. The van der Waals surface area contributed by atoms with E-state index >= 15 is 0 Å². The molecule has 0 bridgehead atoms. The summed E-state index contributed by atoms with van der Waals surface area (Å²) in [5.74, 6) is 1.36. The molecule has 0 aliphatic carbocycles. The number of amides is 1. The van der Waals surface area contributed by atoms with Crippen molar-refractivity contribution in [1.82, 2.24) is 0 Å². The molecule has 1 aromatic rings. The Kier molecular flexibility index (Phi) is 6.87. The minimum atomic E-state index is -4.53. The maximum atomic E-state index is 12.7. The molecule has 1 rings (SSSR count). The number of halogens is 3. The summed E-state index contributed by atoms with van der Waals surface area (Å²) in [7, 11) is 0. The topological polar surface area (TPSA) is 55.1 Å². The number of hydrogen-bond acceptors (Lipinski definition) is 3. The van der Waals surface area contributed by atoms with E-state index in [2.05, 4.69) is 12.2 Å². The molecule has 0 spiro atoms. The van der Waals surface area contributed by atoms with Crippen LogP contribution < -0.4 is 11.1 Å². The maximum Gasteiger partial charge on any atom is 0.418 e. The van der Waals surface area contributed by atoms with Crippen molar-refractivity contribution in [1.29, 1.82) is 0 Å². The fourth-order valence-electron chi connectivity index (χ4n) is 1.62. The molecule has 0 fully saturated rings. The average Bonchev–Trinajstić information content (AvgIpc) is 2.39. The zero-order valence-corrected chi connectivity index (χ0v) is 12.6. The summed E-state index contributed by atoms with van der Waals surface area (Å²) in [6.07, 6.45) is -2.05. The van der Waals surface area contributed by atoms with E-state index in [1.165, 1.54) is 6.07 Å². The molecule has 0 aliphatic rings. The van der Waals surface area contributed by atoms with Gasteiger partial charge in [0.15, 0.2) is 0 Å². The smallest absolute Gasteiger partial charge is 0.398 e. The van der Waals surface area contributed by atoms with Gasteiger partial charge in [0.05, 0.1) is 5.56 Å². The molecule has 0 saturated carbocycles. The number of anilines is 2. The normalized spacial score (nSPS) is 11.4. The number of nitrogen functional groups attached to an aromatic ring is 1. The Morgan fingerprint density at radius 2 is 2.05 bits per heavy atom. The third-order valence-corrected chi connectivity index (χ3v) is 3.83. The van der Waals surface area contributed by atoms with Crippen LogP contribution in [0.5, 0.6) is 0 Å². The number of unbranched alkanes of at least 4 members (excludes halogenated alkanes) is 1. The Labute approximate surface area is 126 Å². The van der Waals surface area contributed by atoms with Gasteiger partial charge < -0.3 is 11.1 Å². The average molecular weight is 320 g/mol. The lowest BCUT2D eigenvalue weighted by molar-refractivity contribution is -0.136. The van der Waals surface area contributed by atoms with Crippen molar-refractivity contribution < 1.29 is 18.0 Å². The van der Waals surface area contributed by atoms with Gasteiger partial charge in [0, 0.05) is 23.5 Å². The Morgan fingerprint density at radius 3 is 2.67 bits per heavy atom. The lowest BCUT2D eigenvalue weighted by Gasteiger charge is -2.12. The van der Waals surface area contributed by atoms with E-state index in [4.69, 9.17) is 5.73 Å².